The molecular formula is C22H26N4O. The zero-order valence-corrected chi connectivity index (χ0v) is 15.8. The van der Waals surface area contributed by atoms with E-state index in [4.69, 9.17) is 10.1 Å². The van der Waals surface area contributed by atoms with E-state index < -0.39 is 0 Å². The molecule has 1 aromatic heterocycles. The number of fused-ring (bicyclic) bond motifs is 1. The fourth-order valence-corrected chi connectivity index (χ4v) is 3.80. The maximum atomic E-state index is 9.04. The van der Waals surface area contributed by atoms with Crippen molar-refractivity contribution in [2.45, 2.75) is 18.9 Å². The van der Waals surface area contributed by atoms with Crippen LogP contribution in [0.2, 0.25) is 0 Å². The first-order valence-electron chi connectivity index (χ1n) is 9.63. The molecule has 0 radical (unpaired) electrons. The molecule has 0 aliphatic carbocycles. The summed E-state index contributed by atoms with van der Waals surface area (Å²) in [4.78, 5) is 14.0. The van der Waals surface area contributed by atoms with Gasteiger partial charge in [0.1, 0.15) is 0 Å². The van der Waals surface area contributed by atoms with Crippen molar-refractivity contribution in [2.24, 2.45) is 0 Å². The Bertz CT molecular complexity index is 913. The Morgan fingerprint density at radius 1 is 1.15 bits per heavy atom. The van der Waals surface area contributed by atoms with Gasteiger partial charge in [-0.1, -0.05) is 36.4 Å². The van der Waals surface area contributed by atoms with Gasteiger partial charge in [0.2, 0.25) is 5.95 Å². The average molecular weight is 362 g/mol. The lowest BCUT2D eigenvalue weighted by Gasteiger charge is -2.24. The highest BCUT2D eigenvalue weighted by atomic mass is 16.3. The minimum absolute atomic E-state index is 0.248. The first kappa shape index (κ1) is 17.9. The lowest BCUT2D eigenvalue weighted by atomic mass is 10.1. The van der Waals surface area contributed by atoms with Crippen molar-refractivity contribution in [3.8, 4) is 11.3 Å². The Labute approximate surface area is 160 Å². The van der Waals surface area contributed by atoms with Crippen LogP contribution in [0.3, 0.4) is 0 Å². The van der Waals surface area contributed by atoms with Crippen LogP contribution in [0.15, 0.2) is 54.7 Å². The van der Waals surface area contributed by atoms with Gasteiger partial charge in [-0.25, -0.2) is 9.97 Å². The topological polar surface area (TPSA) is 52.5 Å². The number of likely N-dealkylation sites (N-methyl/N-ethyl adjacent to an activating group) is 1. The van der Waals surface area contributed by atoms with Gasteiger partial charge in [-0.3, -0.25) is 0 Å². The molecule has 1 aliphatic rings. The van der Waals surface area contributed by atoms with Crippen LogP contribution in [-0.2, 0) is 0 Å². The molecule has 0 saturated carbocycles. The van der Waals surface area contributed by atoms with Gasteiger partial charge in [-0.05, 0) is 42.8 Å². The predicted molar refractivity (Wildman–Crippen MR) is 110 cm³/mol. The highest BCUT2D eigenvalue weighted by Crippen LogP contribution is 2.25. The van der Waals surface area contributed by atoms with Crippen molar-refractivity contribution in [1.82, 2.24) is 14.9 Å². The molecule has 1 fully saturated rings. The number of hydrogen-bond acceptors (Lipinski definition) is 5. The number of hydrogen-bond donors (Lipinski definition) is 1. The molecule has 0 bridgehead atoms. The van der Waals surface area contributed by atoms with E-state index in [0.29, 0.717) is 6.04 Å². The van der Waals surface area contributed by atoms with Crippen LogP contribution in [0.5, 0.6) is 0 Å². The Morgan fingerprint density at radius 3 is 2.85 bits per heavy atom. The second kappa shape index (κ2) is 8.03. The summed E-state index contributed by atoms with van der Waals surface area (Å²) in [6.07, 6.45) is 3.78. The third-order valence-corrected chi connectivity index (χ3v) is 5.43. The van der Waals surface area contributed by atoms with Crippen molar-refractivity contribution in [2.75, 3.05) is 38.2 Å². The summed E-state index contributed by atoms with van der Waals surface area (Å²) in [5, 5.41) is 11.5. The van der Waals surface area contributed by atoms with E-state index >= 15 is 0 Å². The van der Waals surface area contributed by atoms with Gasteiger partial charge in [-0.15, -0.1) is 0 Å². The van der Waals surface area contributed by atoms with E-state index in [-0.39, 0.29) is 6.61 Å². The summed E-state index contributed by atoms with van der Waals surface area (Å²) in [6.45, 7) is 3.07. The van der Waals surface area contributed by atoms with Crippen LogP contribution >= 0.6 is 0 Å². The second-order valence-corrected chi connectivity index (χ2v) is 7.25. The highest BCUT2D eigenvalue weighted by Gasteiger charge is 2.27. The van der Waals surface area contributed by atoms with Crippen LogP contribution in [0, 0.1) is 0 Å². The molecule has 140 valence electrons. The van der Waals surface area contributed by atoms with Crippen molar-refractivity contribution < 1.29 is 5.11 Å². The number of rotatable bonds is 6. The monoisotopic (exact) mass is 362 g/mol. The molecule has 0 spiro atoms. The SMILES string of the molecule is CN(CCCO)[C@@H]1CCN(c2nccc(-c3ccc4ccccc4c3)n2)C1. The maximum Gasteiger partial charge on any atom is 0.225 e. The van der Waals surface area contributed by atoms with Crippen LogP contribution in [0.1, 0.15) is 12.8 Å². The molecule has 1 N–H and O–H groups in total. The first-order valence-corrected chi connectivity index (χ1v) is 9.63. The number of aliphatic hydroxyl groups excluding tert-OH is 1. The Hall–Kier alpha value is -2.50. The maximum absolute atomic E-state index is 9.04. The molecule has 5 heteroatoms. The summed E-state index contributed by atoms with van der Waals surface area (Å²) in [6, 6.07) is 17.3. The van der Waals surface area contributed by atoms with Crippen molar-refractivity contribution in [1.29, 1.82) is 0 Å². The summed E-state index contributed by atoms with van der Waals surface area (Å²) < 4.78 is 0. The lowest BCUT2D eigenvalue weighted by Crippen LogP contribution is -2.35. The van der Waals surface area contributed by atoms with Crippen molar-refractivity contribution in [3.05, 3.63) is 54.7 Å². The highest BCUT2D eigenvalue weighted by molar-refractivity contribution is 5.86. The van der Waals surface area contributed by atoms with Crippen LogP contribution in [0.4, 0.5) is 5.95 Å². The van der Waals surface area contributed by atoms with Crippen LogP contribution < -0.4 is 4.90 Å². The molecule has 2 heterocycles. The summed E-state index contributed by atoms with van der Waals surface area (Å²) in [5.41, 5.74) is 2.08. The van der Waals surface area contributed by atoms with Gasteiger partial charge in [0.25, 0.3) is 0 Å². The molecule has 3 aromatic rings. The molecule has 27 heavy (non-hydrogen) atoms. The molecule has 1 aliphatic heterocycles. The van der Waals surface area contributed by atoms with Gasteiger partial charge in [0.05, 0.1) is 5.69 Å². The molecule has 0 unspecified atom stereocenters. The lowest BCUT2D eigenvalue weighted by molar-refractivity contribution is 0.216. The van der Waals surface area contributed by atoms with E-state index in [1.165, 1.54) is 10.8 Å². The van der Waals surface area contributed by atoms with Crippen LogP contribution in [-0.4, -0.2) is 59.3 Å². The second-order valence-electron chi connectivity index (χ2n) is 7.25. The van der Waals surface area contributed by atoms with Gasteiger partial charge in [0.15, 0.2) is 0 Å². The summed E-state index contributed by atoms with van der Waals surface area (Å²) in [7, 11) is 2.14. The van der Waals surface area contributed by atoms with E-state index in [2.05, 4.69) is 64.3 Å². The van der Waals surface area contributed by atoms with E-state index in [9.17, 15) is 0 Å². The summed E-state index contributed by atoms with van der Waals surface area (Å²) in [5.74, 6) is 0.804. The largest absolute Gasteiger partial charge is 0.396 e. The quantitative estimate of drug-likeness (QED) is 0.730. The third-order valence-electron chi connectivity index (χ3n) is 5.43. The fourth-order valence-electron chi connectivity index (χ4n) is 3.80. The number of aromatic nitrogens is 2. The normalized spacial score (nSPS) is 17.1. The number of nitrogens with zero attached hydrogens (tertiary/aromatic N) is 4. The standard InChI is InChI=1S/C22H26N4O/c1-25(12-4-14-27)20-10-13-26(16-20)22-23-11-9-21(24-22)19-8-7-17-5-2-3-6-18(17)15-19/h2-3,5-9,11,15,20,27H,4,10,12-14,16H2,1H3/t20-/m1/s1. The number of anilines is 1. The molecule has 5 nitrogen and oxygen atoms in total. The zero-order valence-electron chi connectivity index (χ0n) is 15.8. The van der Waals surface area contributed by atoms with E-state index in [1.54, 1.807) is 0 Å². The smallest absolute Gasteiger partial charge is 0.225 e. The summed E-state index contributed by atoms with van der Waals surface area (Å²) >= 11 is 0. The Morgan fingerprint density at radius 2 is 2.00 bits per heavy atom. The zero-order chi connectivity index (χ0) is 18.6. The Kier molecular flexibility index (Phi) is 5.32. The van der Waals surface area contributed by atoms with Gasteiger partial charge >= 0.3 is 0 Å². The molecule has 2 aromatic carbocycles. The predicted octanol–water partition coefficient (Wildman–Crippen LogP) is 3.19. The minimum Gasteiger partial charge on any atom is -0.396 e. The van der Waals surface area contributed by atoms with Crippen LogP contribution in [0.25, 0.3) is 22.0 Å². The Balaban J connectivity index is 1.52. The number of benzene rings is 2. The van der Waals surface area contributed by atoms with Gasteiger partial charge in [-0.2, -0.15) is 0 Å². The minimum atomic E-state index is 0.248. The van der Waals surface area contributed by atoms with E-state index in [0.717, 1.165) is 49.7 Å². The van der Waals surface area contributed by atoms with Gasteiger partial charge < -0.3 is 14.9 Å². The molecule has 1 atom stereocenters. The first-order chi connectivity index (χ1) is 13.2. The molecule has 4 rings (SSSR count). The average Bonchev–Trinajstić information content (AvgIpc) is 3.22. The molecule has 1 saturated heterocycles. The number of aliphatic hydroxyl groups is 1. The van der Waals surface area contributed by atoms with Crippen molar-refractivity contribution in [3.63, 3.8) is 0 Å². The third kappa shape index (κ3) is 3.94. The molecular weight excluding hydrogens is 336 g/mol. The van der Waals surface area contributed by atoms with Gasteiger partial charge in [0, 0.05) is 44.0 Å². The van der Waals surface area contributed by atoms with E-state index in [1.807, 2.05) is 12.3 Å². The fraction of sp³-hybridized carbons (Fsp3) is 0.364. The van der Waals surface area contributed by atoms with Crippen molar-refractivity contribution >= 4 is 16.7 Å². The molecule has 0 amide bonds.